The van der Waals surface area contributed by atoms with Crippen LogP contribution in [-0.2, 0) is 14.6 Å². The van der Waals surface area contributed by atoms with Crippen molar-refractivity contribution in [3.63, 3.8) is 0 Å². The Bertz CT molecular complexity index is 525. The highest BCUT2D eigenvalue weighted by Gasteiger charge is 2.33. The molecule has 18 heavy (non-hydrogen) atoms. The van der Waals surface area contributed by atoms with Crippen LogP contribution in [0.3, 0.4) is 0 Å². The molecule has 0 aromatic heterocycles. The predicted octanol–water partition coefficient (Wildman–Crippen LogP) is 1.31. The van der Waals surface area contributed by atoms with Gasteiger partial charge in [-0.3, -0.25) is 0 Å². The smallest absolute Gasteiger partial charge is 0.180 e. The summed E-state index contributed by atoms with van der Waals surface area (Å²) in [6, 6.07) is 7.02. The largest absolute Gasteiger partial charge is 0.376 e. The molecule has 98 valence electrons. The topological polar surface area (TPSA) is 55.4 Å². The Morgan fingerprint density at radius 2 is 2.22 bits per heavy atom. The molecule has 1 aromatic rings. The molecular weight excluding hydrogens is 250 g/mol. The van der Waals surface area contributed by atoms with E-state index in [1.807, 2.05) is 12.1 Å². The summed E-state index contributed by atoms with van der Waals surface area (Å²) in [5.41, 5.74) is 0.862. The first-order chi connectivity index (χ1) is 8.65. The van der Waals surface area contributed by atoms with Gasteiger partial charge in [0.2, 0.25) is 0 Å². The lowest BCUT2D eigenvalue weighted by Gasteiger charge is -2.12. The summed E-state index contributed by atoms with van der Waals surface area (Å²) in [6.45, 7) is 5.25. The molecule has 1 aliphatic heterocycles. The van der Waals surface area contributed by atoms with Gasteiger partial charge in [-0.25, -0.2) is 8.42 Å². The molecule has 0 saturated heterocycles. The Kier molecular flexibility index (Phi) is 4.16. The quantitative estimate of drug-likeness (QED) is 0.623. The Morgan fingerprint density at radius 3 is 3.00 bits per heavy atom. The van der Waals surface area contributed by atoms with E-state index in [4.69, 9.17) is 4.74 Å². The van der Waals surface area contributed by atoms with Crippen LogP contribution in [-0.4, -0.2) is 33.9 Å². The number of nitrogens with one attached hydrogen (secondary N) is 1. The Morgan fingerprint density at radius 1 is 1.44 bits per heavy atom. The van der Waals surface area contributed by atoms with Crippen LogP contribution >= 0.6 is 0 Å². The maximum atomic E-state index is 11.9. The fourth-order valence-electron chi connectivity index (χ4n) is 2.09. The molecule has 0 aliphatic carbocycles. The van der Waals surface area contributed by atoms with Gasteiger partial charge in [0.25, 0.3) is 0 Å². The second-order valence-electron chi connectivity index (χ2n) is 4.19. The number of benzene rings is 1. The second-order valence-corrected chi connectivity index (χ2v) is 6.19. The molecule has 4 nitrogen and oxygen atoms in total. The highest BCUT2D eigenvalue weighted by atomic mass is 32.2. The van der Waals surface area contributed by atoms with Gasteiger partial charge in [0.15, 0.2) is 9.84 Å². The van der Waals surface area contributed by atoms with Crippen LogP contribution in [0.15, 0.2) is 41.8 Å². The molecule has 1 heterocycles. The Balaban J connectivity index is 1.98. The lowest BCUT2D eigenvalue weighted by molar-refractivity contribution is 0.162. The highest BCUT2D eigenvalue weighted by molar-refractivity contribution is 7.91. The second kappa shape index (κ2) is 5.65. The van der Waals surface area contributed by atoms with E-state index in [1.54, 1.807) is 18.2 Å². The lowest BCUT2D eigenvalue weighted by atomic mass is 10.1. The standard InChI is InChI=1S/C13H17NO3S/c1-2-8-17-9-7-14-12-10-18(15,16)13-6-4-3-5-11(12)13/h2-6,12,14H,1,7-10H2. The maximum absolute atomic E-state index is 11.9. The van der Waals surface area contributed by atoms with Crippen molar-refractivity contribution in [3.05, 3.63) is 42.5 Å². The molecule has 1 N–H and O–H groups in total. The first-order valence-electron chi connectivity index (χ1n) is 5.89. The van der Waals surface area contributed by atoms with Crippen LogP contribution in [0.2, 0.25) is 0 Å². The minimum Gasteiger partial charge on any atom is -0.376 e. The first-order valence-corrected chi connectivity index (χ1v) is 7.54. The number of fused-ring (bicyclic) bond motifs is 1. The summed E-state index contributed by atoms with van der Waals surface area (Å²) in [4.78, 5) is 0.453. The Hall–Kier alpha value is -1.17. The van der Waals surface area contributed by atoms with E-state index in [0.29, 0.717) is 24.7 Å². The molecule has 0 bridgehead atoms. The van der Waals surface area contributed by atoms with Crippen LogP contribution < -0.4 is 5.32 Å². The fraction of sp³-hybridized carbons (Fsp3) is 0.385. The van der Waals surface area contributed by atoms with E-state index in [-0.39, 0.29) is 11.8 Å². The monoisotopic (exact) mass is 267 g/mol. The van der Waals surface area contributed by atoms with E-state index in [0.717, 1.165) is 5.56 Å². The molecule has 5 heteroatoms. The zero-order valence-corrected chi connectivity index (χ0v) is 10.9. The summed E-state index contributed by atoms with van der Waals surface area (Å²) in [5.74, 6) is 0.133. The average Bonchev–Trinajstić information content (AvgIpc) is 2.62. The molecule has 2 rings (SSSR count). The summed E-state index contributed by atoms with van der Waals surface area (Å²) >= 11 is 0. The van der Waals surface area contributed by atoms with Crippen LogP contribution in [0, 0.1) is 0 Å². The van der Waals surface area contributed by atoms with Gasteiger partial charge in [-0.2, -0.15) is 0 Å². The summed E-state index contributed by atoms with van der Waals surface area (Å²) in [6.07, 6.45) is 1.69. The van der Waals surface area contributed by atoms with E-state index < -0.39 is 9.84 Å². The molecule has 0 amide bonds. The molecule has 0 radical (unpaired) electrons. The Labute approximate surface area is 108 Å². The van der Waals surface area contributed by atoms with E-state index >= 15 is 0 Å². The van der Waals surface area contributed by atoms with Gasteiger partial charge in [-0.05, 0) is 11.6 Å². The normalized spacial score (nSPS) is 20.6. The predicted molar refractivity (Wildman–Crippen MR) is 70.3 cm³/mol. The number of hydrogen-bond donors (Lipinski definition) is 1. The zero-order chi connectivity index (χ0) is 13.0. The van der Waals surface area contributed by atoms with E-state index in [9.17, 15) is 8.42 Å². The molecule has 0 spiro atoms. The molecule has 1 unspecified atom stereocenters. The van der Waals surface area contributed by atoms with Gasteiger partial charge in [-0.1, -0.05) is 24.3 Å². The van der Waals surface area contributed by atoms with Gasteiger partial charge in [0.05, 0.1) is 23.9 Å². The molecular formula is C13H17NO3S. The minimum atomic E-state index is -3.12. The van der Waals surface area contributed by atoms with Crippen molar-refractivity contribution in [3.8, 4) is 0 Å². The van der Waals surface area contributed by atoms with Crippen molar-refractivity contribution in [2.24, 2.45) is 0 Å². The van der Waals surface area contributed by atoms with Crippen molar-refractivity contribution in [1.29, 1.82) is 0 Å². The SMILES string of the molecule is C=CCOCCNC1CS(=O)(=O)c2ccccc21. The van der Waals surface area contributed by atoms with E-state index in [1.165, 1.54) is 0 Å². The third-order valence-corrected chi connectivity index (χ3v) is 4.70. The molecule has 0 fully saturated rings. The van der Waals surface area contributed by atoms with Crippen LogP contribution in [0.4, 0.5) is 0 Å². The van der Waals surface area contributed by atoms with Gasteiger partial charge in [0, 0.05) is 12.6 Å². The first kappa shape index (κ1) is 13.3. The third kappa shape index (κ3) is 2.80. The third-order valence-electron chi connectivity index (χ3n) is 2.89. The van der Waals surface area contributed by atoms with Gasteiger partial charge >= 0.3 is 0 Å². The van der Waals surface area contributed by atoms with Crippen LogP contribution in [0.1, 0.15) is 11.6 Å². The molecule has 0 saturated carbocycles. The van der Waals surface area contributed by atoms with Crippen molar-refractivity contribution < 1.29 is 13.2 Å². The minimum absolute atomic E-state index is 0.126. The number of sulfone groups is 1. The van der Waals surface area contributed by atoms with Crippen molar-refractivity contribution in [2.45, 2.75) is 10.9 Å². The lowest BCUT2D eigenvalue weighted by Crippen LogP contribution is -2.26. The van der Waals surface area contributed by atoms with Crippen molar-refractivity contribution in [2.75, 3.05) is 25.5 Å². The molecule has 1 atom stereocenters. The number of ether oxygens (including phenoxy) is 1. The average molecular weight is 267 g/mol. The molecule has 1 aliphatic rings. The summed E-state index contributed by atoms with van der Waals surface area (Å²) in [5, 5.41) is 3.21. The highest BCUT2D eigenvalue weighted by Crippen LogP contribution is 2.32. The fourth-order valence-corrected chi connectivity index (χ4v) is 3.86. The van der Waals surface area contributed by atoms with E-state index in [2.05, 4.69) is 11.9 Å². The van der Waals surface area contributed by atoms with Gasteiger partial charge < -0.3 is 10.1 Å². The van der Waals surface area contributed by atoms with Crippen LogP contribution in [0.25, 0.3) is 0 Å². The maximum Gasteiger partial charge on any atom is 0.180 e. The van der Waals surface area contributed by atoms with Crippen molar-refractivity contribution in [1.82, 2.24) is 5.32 Å². The van der Waals surface area contributed by atoms with Crippen LogP contribution in [0.5, 0.6) is 0 Å². The summed E-state index contributed by atoms with van der Waals surface area (Å²) in [7, 11) is -3.12. The zero-order valence-electron chi connectivity index (χ0n) is 10.1. The van der Waals surface area contributed by atoms with Crippen molar-refractivity contribution >= 4 is 9.84 Å². The van der Waals surface area contributed by atoms with Gasteiger partial charge in [-0.15, -0.1) is 6.58 Å². The summed E-state index contributed by atoms with van der Waals surface area (Å²) < 4.78 is 29.1. The molecule has 1 aromatic carbocycles. The van der Waals surface area contributed by atoms with Gasteiger partial charge in [0.1, 0.15) is 0 Å². The number of hydrogen-bond acceptors (Lipinski definition) is 4. The number of rotatable bonds is 6.